The Balaban J connectivity index is 1.41. The molecule has 0 unspecified atom stereocenters. The quantitative estimate of drug-likeness (QED) is 0.496. The fourth-order valence-corrected chi connectivity index (χ4v) is 3.76. The van der Waals surface area contributed by atoms with Crippen molar-refractivity contribution in [1.29, 1.82) is 0 Å². The number of aromatic nitrogens is 5. The number of ether oxygens (including phenoxy) is 1. The Kier molecular flexibility index (Phi) is 6.87. The van der Waals surface area contributed by atoms with Crippen molar-refractivity contribution in [3.05, 3.63) is 53.2 Å². The van der Waals surface area contributed by atoms with Crippen LogP contribution in [0.3, 0.4) is 0 Å². The van der Waals surface area contributed by atoms with Crippen LogP contribution in [-0.2, 0) is 28.8 Å². The minimum atomic E-state index is -4.47. The first-order chi connectivity index (χ1) is 16.7. The lowest BCUT2D eigenvalue weighted by Gasteiger charge is -2.34. The summed E-state index contributed by atoms with van der Waals surface area (Å²) in [6.45, 7) is 2.91. The topological polar surface area (TPSA) is 110 Å². The highest BCUT2D eigenvalue weighted by Crippen LogP contribution is 2.33. The van der Waals surface area contributed by atoms with E-state index in [0.717, 1.165) is 11.6 Å². The van der Waals surface area contributed by atoms with E-state index < -0.39 is 17.9 Å². The van der Waals surface area contributed by atoms with E-state index in [1.165, 1.54) is 12.3 Å². The predicted molar refractivity (Wildman–Crippen MR) is 122 cm³/mol. The van der Waals surface area contributed by atoms with Gasteiger partial charge in [0.25, 0.3) is 0 Å². The Bertz CT molecular complexity index is 1200. The highest BCUT2D eigenvalue weighted by Gasteiger charge is 2.33. The normalized spacial score (nSPS) is 15.7. The van der Waals surface area contributed by atoms with Gasteiger partial charge in [-0.05, 0) is 18.6 Å². The van der Waals surface area contributed by atoms with Crippen LogP contribution in [0, 0.1) is 6.92 Å². The molecule has 0 radical (unpaired) electrons. The summed E-state index contributed by atoms with van der Waals surface area (Å²) in [6, 6.07) is 1.94. The van der Waals surface area contributed by atoms with Crippen molar-refractivity contribution in [3.63, 3.8) is 0 Å². The zero-order valence-corrected chi connectivity index (χ0v) is 19.4. The molecule has 4 rings (SSSR count). The van der Waals surface area contributed by atoms with Crippen molar-refractivity contribution in [3.8, 4) is 0 Å². The maximum Gasteiger partial charge on any atom is 0.433 e. The second kappa shape index (κ2) is 9.86. The molecule has 1 amide bonds. The molecule has 0 saturated carbocycles. The Hall–Kier alpha value is -3.74. The molecule has 3 aromatic heterocycles. The lowest BCUT2D eigenvalue weighted by atomic mass is 10.1. The van der Waals surface area contributed by atoms with Crippen LogP contribution < -0.4 is 15.5 Å². The van der Waals surface area contributed by atoms with Gasteiger partial charge in [0.05, 0.1) is 18.4 Å². The van der Waals surface area contributed by atoms with Crippen LogP contribution in [0.2, 0.25) is 0 Å². The lowest BCUT2D eigenvalue weighted by Crippen LogP contribution is -2.47. The van der Waals surface area contributed by atoms with E-state index >= 15 is 0 Å². The van der Waals surface area contributed by atoms with Crippen molar-refractivity contribution >= 4 is 23.4 Å². The van der Waals surface area contributed by atoms with Crippen molar-refractivity contribution in [2.75, 3.05) is 36.3 Å². The average Bonchev–Trinajstić information content (AvgIpc) is 3.25. The fourth-order valence-electron chi connectivity index (χ4n) is 3.76. The number of carbonyl (C=O) groups is 1. The van der Waals surface area contributed by atoms with Gasteiger partial charge in [-0.1, -0.05) is 6.07 Å². The van der Waals surface area contributed by atoms with Gasteiger partial charge in [0, 0.05) is 51.7 Å². The van der Waals surface area contributed by atoms with Crippen molar-refractivity contribution in [2.24, 2.45) is 0 Å². The van der Waals surface area contributed by atoms with Gasteiger partial charge in [0.1, 0.15) is 17.4 Å². The number of nitrogens with one attached hydrogen (secondary N) is 2. The number of alkyl halides is 3. The summed E-state index contributed by atoms with van der Waals surface area (Å²) in [6.07, 6.45) is 0.691. The molecular formula is C22H25F3N8O2. The van der Waals surface area contributed by atoms with Gasteiger partial charge in [0.15, 0.2) is 5.82 Å². The average molecular weight is 490 g/mol. The van der Waals surface area contributed by atoms with Gasteiger partial charge in [0.2, 0.25) is 11.9 Å². The van der Waals surface area contributed by atoms with Crippen LogP contribution in [-0.4, -0.2) is 57.4 Å². The maximum atomic E-state index is 12.7. The van der Waals surface area contributed by atoms with Crippen LogP contribution >= 0.6 is 0 Å². The summed E-state index contributed by atoms with van der Waals surface area (Å²) < 4.78 is 44.8. The van der Waals surface area contributed by atoms with Crippen molar-refractivity contribution in [1.82, 2.24) is 24.7 Å². The number of hydrogen-bond acceptors (Lipinski definition) is 8. The molecule has 0 aliphatic carbocycles. The maximum absolute atomic E-state index is 12.7. The second-order valence-corrected chi connectivity index (χ2v) is 8.18. The highest BCUT2D eigenvalue weighted by atomic mass is 19.4. The fraction of sp³-hybridized carbons (Fsp3) is 0.409. The second-order valence-electron chi connectivity index (χ2n) is 8.18. The van der Waals surface area contributed by atoms with Crippen molar-refractivity contribution < 1.29 is 22.7 Å². The van der Waals surface area contributed by atoms with Crippen LogP contribution in [0.5, 0.6) is 0 Å². The van der Waals surface area contributed by atoms with Crippen LogP contribution in [0.4, 0.5) is 30.6 Å². The first-order valence-corrected chi connectivity index (χ1v) is 10.8. The molecule has 1 atom stereocenters. The molecular weight excluding hydrogens is 465 g/mol. The minimum Gasteiger partial charge on any atom is -0.385 e. The van der Waals surface area contributed by atoms with Gasteiger partial charge in [-0.25, -0.2) is 4.98 Å². The number of likely N-dealkylation sites (N-methyl/N-ethyl adjacent to an activating group) is 1. The number of anilines is 3. The van der Waals surface area contributed by atoms with E-state index in [4.69, 9.17) is 4.74 Å². The smallest absolute Gasteiger partial charge is 0.385 e. The molecule has 2 N–H and O–H groups in total. The molecule has 0 saturated heterocycles. The summed E-state index contributed by atoms with van der Waals surface area (Å²) in [7, 11) is 3.40. The number of hydrogen-bond donors (Lipinski definition) is 2. The molecule has 0 aromatic carbocycles. The monoisotopic (exact) mass is 490 g/mol. The summed E-state index contributed by atoms with van der Waals surface area (Å²) in [5.74, 6) is 0.890. The first kappa shape index (κ1) is 24.4. The molecule has 35 heavy (non-hydrogen) atoms. The van der Waals surface area contributed by atoms with E-state index in [0.29, 0.717) is 48.3 Å². The van der Waals surface area contributed by atoms with Gasteiger partial charge in [-0.15, -0.1) is 0 Å². The van der Waals surface area contributed by atoms with Gasteiger partial charge in [-0.2, -0.15) is 23.3 Å². The summed E-state index contributed by atoms with van der Waals surface area (Å²) in [4.78, 5) is 26.8. The third-order valence-corrected chi connectivity index (χ3v) is 5.62. The van der Waals surface area contributed by atoms with Gasteiger partial charge < -0.3 is 20.3 Å². The van der Waals surface area contributed by atoms with Crippen LogP contribution in [0.1, 0.15) is 28.9 Å². The molecule has 1 aliphatic heterocycles. The number of halogens is 3. The molecule has 10 nitrogen and oxygen atoms in total. The van der Waals surface area contributed by atoms with Crippen LogP contribution in [0.25, 0.3) is 0 Å². The molecule has 0 fully saturated rings. The summed E-state index contributed by atoms with van der Waals surface area (Å²) >= 11 is 0. The summed E-state index contributed by atoms with van der Waals surface area (Å²) in [5, 5.41) is 10.3. The van der Waals surface area contributed by atoms with Gasteiger partial charge in [-0.3, -0.25) is 14.5 Å². The first-order valence-electron chi connectivity index (χ1n) is 10.8. The highest BCUT2D eigenvalue weighted by molar-refractivity contribution is 6.03. The molecule has 0 bridgehead atoms. The molecule has 0 spiro atoms. The number of carbonyl (C=O) groups excluding carboxylic acids is 1. The Morgan fingerprint density at radius 2 is 2.00 bits per heavy atom. The summed E-state index contributed by atoms with van der Waals surface area (Å²) in [5.41, 5.74) is 1.72. The number of aryl methyl sites for hydroxylation is 1. The molecule has 186 valence electrons. The number of pyridine rings is 1. The van der Waals surface area contributed by atoms with E-state index in [-0.39, 0.29) is 12.5 Å². The number of rotatable bonds is 8. The van der Waals surface area contributed by atoms with E-state index in [9.17, 15) is 18.0 Å². The molecule has 1 aliphatic rings. The molecule has 3 aromatic rings. The standard InChI is InChI=1S/C22H25F3N8O2/c1-13-18-19(32(2)16(6-7-35-3)20(34)30-18)31-21(29-13)27-9-15-10-28-33(12-15)11-14-4-5-17(26-8-14)22(23,24)25/h4-5,8,10,12,16H,6-7,9,11H2,1-3H3,(H,30,34)(H,27,29,31)/t16-/m0/s1. The zero-order chi connectivity index (χ0) is 25.2. The lowest BCUT2D eigenvalue weighted by molar-refractivity contribution is -0.141. The largest absolute Gasteiger partial charge is 0.433 e. The SMILES string of the molecule is COCC[C@H]1C(=O)Nc2c(C)nc(NCc3cnn(Cc4ccc(C(F)(F)F)nc4)c3)nc2N1C. The van der Waals surface area contributed by atoms with Crippen molar-refractivity contribution in [2.45, 2.75) is 38.7 Å². The Morgan fingerprint density at radius 3 is 2.69 bits per heavy atom. The van der Waals surface area contributed by atoms with E-state index in [1.54, 1.807) is 31.1 Å². The van der Waals surface area contributed by atoms with Gasteiger partial charge >= 0.3 is 6.18 Å². The number of fused-ring (bicyclic) bond motifs is 1. The number of methoxy groups -OCH3 is 1. The number of nitrogens with zero attached hydrogens (tertiary/aromatic N) is 6. The third kappa shape index (κ3) is 5.50. The Morgan fingerprint density at radius 1 is 1.20 bits per heavy atom. The Labute approximate surface area is 199 Å². The van der Waals surface area contributed by atoms with E-state index in [2.05, 4.69) is 30.7 Å². The minimum absolute atomic E-state index is 0.125. The predicted octanol–water partition coefficient (Wildman–Crippen LogP) is 2.85. The van der Waals surface area contributed by atoms with E-state index in [1.807, 2.05) is 11.9 Å². The molecule has 13 heteroatoms. The number of amides is 1. The molecule has 4 heterocycles. The zero-order valence-electron chi connectivity index (χ0n) is 19.4. The third-order valence-electron chi connectivity index (χ3n) is 5.62. The van der Waals surface area contributed by atoms with Crippen LogP contribution in [0.15, 0.2) is 30.7 Å².